The molecule has 4 rings (SSSR count). The second-order valence-electron chi connectivity index (χ2n) is 8.05. The average Bonchev–Trinajstić information content (AvgIpc) is 3.55. The van der Waals surface area contributed by atoms with E-state index < -0.39 is 0 Å². The normalized spacial score (nSPS) is 19.8. The molecule has 1 aliphatic heterocycles. The number of hydrogen-bond donors (Lipinski definition) is 1. The maximum atomic E-state index is 13.2. The lowest BCUT2D eigenvalue weighted by molar-refractivity contribution is -0.123. The lowest BCUT2D eigenvalue weighted by Crippen LogP contribution is -2.44. The minimum Gasteiger partial charge on any atom is -0.379 e. The molecule has 2 aliphatic rings. The number of carbonyl (C=O) groups is 1. The number of nitrogens with one attached hydrogen (secondary N) is 1. The Labute approximate surface area is 167 Å². The van der Waals surface area contributed by atoms with Crippen LogP contribution in [0.4, 0.5) is 0 Å². The molecule has 0 aromatic heterocycles. The molecule has 1 N–H and O–H groups in total. The molecule has 0 radical (unpaired) electrons. The van der Waals surface area contributed by atoms with Gasteiger partial charge in [-0.2, -0.15) is 0 Å². The summed E-state index contributed by atoms with van der Waals surface area (Å²) in [5.41, 5.74) is 3.66. The minimum atomic E-state index is -0.0240. The van der Waals surface area contributed by atoms with Crippen molar-refractivity contribution in [2.75, 3.05) is 32.8 Å². The summed E-state index contributed by atoms with van der Waals surface area (Å²) in [4.78, 5) is 15.6. The van der Waals surface area contributed by atoms with Gasteiger partial charge in [-0.05, 0) is 36.8 Å². The molecular weight excluding hydrogens is 348 g/mol. The molecule has 2 aromatic rings. The fraction of sp³-hybridized carbons (Fsp3) is 0.458. The highest BCUT2D eigenvalue weighted by atomic mass is 16.5. The molecular formula is C24H30N2O2. The topological polar surface area (TPSA) is 41.6 Å². The van der Waals surface area contributed by atoms with Crippen molar-refractivity contribution in [1.82, 2.24) is 10.2 Å². The van der Waals surface area contributed by atoms with Gasteiger partial charge in [-0.3, -0.25) is 9.69 Å². The van der Waals surface area contributed by atoms with Crippen molar-refractivity contribution in [2.24, 2.45) is 5.92 Å². The number of carbonyl (C=O) groups excluding carboxylic acids is 1. The average molecular weight is 379 g/mol. The molecule has 1 aliphatic carbocycles. The third-order valence-corrected chi connectivity index (χ3v) is 5.92. The molecule has 0 spiro atoms. The Morgan fingerprint density at radius 2 is 1.79 bits per heavy atom. The molecule has 4 nitrogen and oxygen atoms in total. The van der Waals surface area contributed by atoms with E-state index in [0.29, 0.717) is 12.5 Å². The van der Waals surface area contributed by atoms with Crippen LogP contribution >= 0.6 is 0 Å². The smallest absolute Gasteiger partial charge is 0.227 e. The van der Waals surface area contributed by atoms with Crippen LogP contribution in [0.25, 0.3) is 0 Å². The van der Waals surface area contributed by atoms with E-state index in [9.17, 15) is 4.79 Å². The Balaban J connectivity index is 1.49. The van der Waals surface area contributed by atoms with Gasteiger partial charge in [0.1, 0.15) is 0 Å². The second kappa shape index (κ2) is 8.89. The van der Waals surface area contributed by atoms with Crippen LogP contribution in [0.3, 0.4) is 0 Å². The van der Waals surface area contributed by atoms with Crippen LogP contribution in [0.15, 0.2) is 54.6 Å². The lowest BCUT2D eigenvalue weighted by Gasteiger charge is -2.35. The third-order valence-electron chi connectivity index (χ3n) is 5.92. The van der Waals surface area contributed by atoms with E-state index in [1.165, 1.54) is 11.1 Å². The highest BCUT2D eigenvalue weighted by Gasteiger charge is 2.37. The largest absolute Gasteiger partial charge is 0.379 e. The number of hydrogen-bond acceptors (Lipinski definition) is 3. The van der Waals surface area contributed by atoms with Gasteiger partial charge in [0.2, 0.25) is 5.91 Å². The van der Waals surface area contributed by atoms with E-state index in [4.69, 9.17) is 4.74 Å². The predicted molar refractivity (Wildman–Crippen MR) is 111 cm³/mol. The third kappa shape index (κ3) is 4.62. The SMILES string of the molecule is Cc1cccc(C(CNC(=O)C(c2ccccc2)C2CC2)N2CCOCC2)c1. The molecule has 1 heterocycles. The Bertz CT molecular complexity index is 782. The van der Waals surface area contributed by atoms with Crippen LogP contribution in [0.5, 0.6) is 0 Å². The van der Waals surface area contributed by atoms with Crippen LogP contribution < -0.4 is 5.32 Å². The van der Waals surface area contributed by atoms with Gasteiger partial charge in [-0.25, -0.2) is 0 Å². The van der Waals surface area contributed by atoms with E-state index in [0.717, 1.165) is 44.7 Å². The van der Waals surface area contributed by atoms with Crippen LogP contribution in [-0.4, -0.2) is 43.7 Å². The van der Waals surface area contributed by atoms with E-state index >= 15 is 0 Å². The molecule has 1 saturated carbocycles. The number of aryl methyl sites for hydroxylation is 1. The Morgan fingerprint density at radius 3 is 2.46 bits per heavy atom. The summed E-state index contributed by atoms with van der Waals surface area (Å²) in [6.07, 6.45) is 2.30. The van der Waals surface area contributed by atoms with Crippen molar-refractivity contribution in [3.8, 4) is 0 Å². The zero-order valence-electron chi connectivity index (χ0n) is 16.6. The molecule has 2 fully saturated rings. The van der Waals surface area contributed by atoms with Gasteiger partial charge < -0.3 is 10.1 Å². The number of amides is 1. The number of ether oxygens (including phenoxy) is 1. The fourth-order valence-electron chi connectivity index (χ4n) is 4.26. The Kier molecular flexibility index (Phi) is 6.08. The van der Waals surface area contributed by atoms with Crippen LogP contribution in [-0.2, 0) is 9.53 Å². The Morgan fingerprint density at radius 1 is 1.07 bits per heavy atom. The Hall–Kier alpha value is -2.17. The van der Waals surface area contributed by atoms with Gasteiger partial charge in [0.15, 0.2) is 0 Å². The van der Waals surface area contributed by atoms with Crippen molar-refractivity contribution in [2.45, 2.75) is 31.7 Å². The predicted octanol–water partition coefficient (Wildman–Crippen LogP) is 3.68. The summed E-state index contributed by atoms with van der Waals surface area (Å²) in [7, 11) is 0. The first-order chi connectivity index (χ1) is 13.7. The molecule has 0 bridgehead atoms. The van der Waals surface area contributed by atoms with Crippen molar-refractivity contribution < 1.29 is 9.53 Å². The van der Waals surface area contributed by atoms with Crippen molar-refractivity contribution in [3.63, 3.8) is 0 Å². The highest BCUT2D eigenvalue weighted by Crippen LogP contribution is 2.42. The second-order valence-corrected chi connectivity index (χ2v) is 8.05. The minimum absolute atomic E-state index is 0.0240. The van der Waals surface area contributed by atoms with Crippen molar-refractivity contribution in [1.29, 1.82) is 0 Å². The van der Waals surface area contributed by atoms with Crippen LogP contribution in [0.1, 0.15) is 41.5 Å². The van der Waals surface area contributed by atoms with Crippen LogP contribution in [0.2, 0.25) is 0 Å². The molecule has 4 heteroatoms. The van der Waals surface area contributed by atoms with E-state index in [2.05, 4.69) is 53.5 Å². The van der Waals surface area contributed by atoms with Gasteiger partial charge in [0.05, 0.1) is 25.2 Å². The molecule has 2 aromatic carbocycles. The van der Waals surface area contributed by atoms with Crippen molar-refractivity contribution >= 4 is 5.91 Å². The highest BCUT2D eigenvalue weighted by molar-refractivity contribution is 5.84. The van der Waals surface area contributed by atoms with Crippen molar-refractivity contribution in [3.05, 3.63) is 71.3 Å². The number of nitrogens with zero attached hydrogens (tertiary/aromatic N) is 1. The first kappa shape index (κ1) is 19.2. The summed E-state index contributed by atoms with van der Waals surface area (Å²) in [6, 6.07) is 19.1. The zero-order chi connectivity index (χ0) is 19.3. The number of benzene rings is 2. The summed E-state index contributed by atoms with van der Waals surface area (Å²) < 4.78 is 5.54. The lowest BCUT2D eigenvalue weighted by atomic mass is 9.93. The zero-order valence-corrected chi connectivity index (χ0v) is 16.6. The van der Waals surface area contributed by atoms with E-state index in [-0.39, 0.29) is 17.9 Å². The van der Waals surface area contributed by atoms with Gasteiger partial charge in [0.25, 0.3) is 0 Å². The molecule has 148 valence electrons. The summed E-state index contributed by atoms with van der Waals surface area (Å²) in [5.74, 6) is 0.631. The standard InChI is InChI=1S/C24H30N2O2/c1-18-6-5-9-21(16-18)22(26-12-14-28-15-13-26)17-25-24(27)23(20-10-11-20)19-7-3-2-4-8-19/h2-9,16,20,22-23H,10-15,17H2,1H3,(H,25,27). The van der Waals surface area contributed by atoms with Gasteiger partial charge in [-0.15, -0.1) is 0 Å². The monoisotopic (exact) mass is 378 g/mol. The molecule has 1 amide bonds. The molecule has 1 saturated heterocycles. The van der Waals surface area contributed by atoms with E-state index in [1.807, 2.05) is 18.2 Å². The van der Waals surface area contributed by atoms with Crippen LogP contribution in [0, 0.1) is 12.8 Å². The van der Waals surface area contributed by atoms with Gasteiger partial charge >= 0.3 is 0 Å². The van der Waals surface area contributed by atoms with Gasteiger partial charge in [-0.1, -0.05) is 60.2 Å². The molecule has 2 atom stereocenters. The molecule has 28 heavy (non-hydrogen) atoms. The van der Waals surface area contributed by atoms with Gasteiger partial charge in [0, 0.05) is 19.6 Å². The summed E-state index contributed by atoms with van der Waals surface area (Å²) in [6.45, 7) is 6.07. The molecule has 2 unspecified atom stereocenters. The first-order valence-corrected chi connectivity index (χ1v) is 10.4. The first-order valence-electron chi connectivity index (χ1n) is 10.4. The number of morpholine rings is 1. The maximum Gasteiger partial charge on any atom is 0.227 e. The maximum absolute atomic E-state index is 13.2. The summed E-state index contributed by atoms with van der Waals surface area (Å²) >= 11 is 0. The number of rotatable bonds is 7. The fourth-order valence-corrected chi connectivity index (χ4v) is 4.26. The quantitative estimate of drug-likeness (QED) is 0.799. The summed E-state index contributed by atoms with van der Waals surface area (Å²) in [5, 5.41) is 3.30. The van der Waals surface area contributed by atoms with E-state index in [1.54, 1.807) is 0 Å².